The van der Waals surface area contributed by atoms with E-state index in [0.717, 1.165) is 60.6 Å². The van der Waals surface area contributed by atoms with Crippen molar-refractivity contribution in [2.24, 2.45) is 5.92 Å². The van der Waals surface area contributed by atoms with Gasteiger partial charge in [0.25, 0.3) is 0 Å². The second-order valence-corrected chi connectivity index (χ2v) is 10.4. The quantitative estimate of drug-likeness (QED) is 0.316. The van der Waals surface area contributed by atoms with Crippen LogP contribution in [0.5, 0.6) is 0 Å². The SMILES string of the molecule is O=C(O)c1ccc2c(c1)CCCC(c1cnccc1C(F)(F)F)=C2c1ccc(CC2CN(CCCF)C2)cc1. The first-order valence-electron chi connectivity index (χ1n) is 13.2. The Labute approximate surface area is 225 Å². The smallest absolute Gasteiger partial charge is 0.417 e. The van der Waals surface area contributed by atoms with E-state index < -0.39 is 17.7 Å². The standard InChI is InChI=1S/C31H30F4N2O2/c32-12-2-14-37-18-21(19-37)15-20-5-7-22(8-6-20)29-25-10-9-24(30(38)39)16-23(25)3-1-4-26(29)27-17-36-13-11-28(27)31(33,34)35/h5-11,13,16-17,21H,1-4,12,14-15,18-19H2,(H,38,39). The molecule has 0 unspecified atom stereocenters. The fraction of sp³-hybridized carbons (Fsp3) is 0.355. The molecule has 1 N–H and O–H groups in total. The van der Waals surface area contributed by atoms with Crippen LogP contribution in [-0.2, 0) is 19.0 Å². The largest absolute Gasteiger partial charge is 0.478 e. The molecular weight excluding hydrogens is 508 g/mol. The zero-order valence-electron chi connectivity index (χ0n) is 21.5. The molecule has 3 aromatic rings. The van der Waals surface area contributed by atoms with E-state index in [1.807, 2.05) is 24.3 Å². The van der Waals surface area contributed by atoms with E-state index in [0.29, 0.717) is 42.7 Å². The summed E-state index contributed by atoms with van der Waals surface area (Å²) in [6.45, 7) is 2.36. The van der Waals surface area contributed by atoms with Gasteiger partial charge in [-0.05, 0) is 89.6 Å². The molecule has 2 aliphatic rings. The van der Waals surface area contributed by atoms with Crippen molar-refractivity contribution in [3.05, 3.63) is 99.9 Å². The number of carboxylic acids is 1. The van der Waals surface area contributed by atoms with Crippen LogP contribution in [0.4, 0.5) is 17.6 Å². The van der Waals surface area contributed by atoms with Gasteiger partial charge in [-0.1, -0.05) is 30.3 Å². The second-order valence-electron chi connectivity index (χ2n) is 10.4. The molecule has 0 saturated carbocycles. The van der Waals surface area contributed by atoms with Crippen LogP contribution in [0.3, 0.4) is 0 Å². The van der Waals surface area contributed by atoms with Crippen LogP contribution in [0.1, 0.15) is 63.0 Å². The molecule has 204 valence electrons. The lowest BCUT2D eigenvalue weighted by molar-refractivity contribution is -0.137. The lowest BCUT2D eigenvalue weighted by Crippen LogP contribution is -2.47. The van der Waals surface area contributed by atoms with Crippen LogP contribution in [0.15, 0.2) is 60.9 Å². The van der Waals surface area contributed by atoms with Crippen molar-refractivity contribution in [2.45, 2.75) is 38.3 Å². The highest BCUT2D eigenvalue weighted by atomic mass is 19.4. The van der Waals surface area contributed by atoms with Crippen LogP contribution in [0.25, 0.3) is 11.1 Å². The first-order chi connectivity index (χ1) is 18.7. The number of likely N-dealkylation sites (tertiary alicyclic amines) is 1. The molecule has 0 amide bonds. The minimum absolute atomic E-state index is 0.0575. The van der Waals surface area contributed by atoms with E-state index in [1.54, 1.807) is 12.1 Å². The predicted octanol–water partition coefficient (Wildman–Crippen LogP) is 6.93. The number of halogens is 4. The fourth-order valence-corrected chi connectivity index (χ4v) is 5.81. The van der Waals surface area contributed by atoms with Gasteiger partial charge in [-0.3, -0.25) is 9.37 Å². The van der Waals surface area contributed by atoms with E-state index in [9.17, 15) is 27.5 Å². The van der Waals surface area contributed by atoms with Crippen LogP contribution >= 0.6 is 0 Å². The van der Waals surface area contributed by atoms with Gasteiger partial charge in [0.1, 0.15) is 0 Å². The Balaban J connectivity index is 1.55. The van der Waals surface area contributed by atoms with Crippen molar-refractivity contribution in [1.29, 1.82) is 0 Å². The van der Waals surface area contributed by atoms with Crippen molar-refractivity contribution in [3.8, 4) is 0 Å². The molecule has 1 aliphatic carbocycles. The van der Waals surface area contributed by atoms with Gasteiger partial charge < -0.3 is 10.0 Å². The number of aromatic nitrogens is 1. The number of aromatic carboxylic acids is 1. The monoisotopic (exact) mass is 538 g/mol. The van der Waals surface area contributed by atoms with Gasteiger partial charge in [0.05, 0.1) is 17.8 Å². The second kappa shape index (κ2) is 11.3. The molecule has 1 aliphatic heterocycles. The average Bonchev–Trinajstić information content (AvgIpc) is 3.09. The summed E-state index contributed by atoms with van der Waals surface area (Å²) in [5, 5.41) is 9.52. The van der Waals surface area contributed by atoms with Gasteiger partial charge in [-0.15, -0.1) is 0 Å². The molecule has 0 spiro atoms. The lowest BCUT2D eigenvalue weighted by atomic mass is 9.85. The van der Waals surface area contributed by atoms with Crippen LogP contribution < -0.4 is 0 Å². The Morgan fingerprint density at radius 2 is 1.79 bits per heavy atom. The maximum atomic E-state index is 14.0. The molecular formula is C31H30F4N2O2. The minimum atomic E-state index is -4.54. The predicted molar refractivity (Wildman–Crippen MR) is 142 cm³/mol. The molecule has 1 saturated heterocycles. The van der Waals surface area contributed by atoms with Gasteiger partial charge in [-0.2, -0.15) is 13.2 Å². The minimum Gasteiger partial charge on any atom is -0.478 e. The highest BCUT2D eigenvalue weighted by Crippen LogP contribution is 2.44. The summed E-state index contributed by atoms with van der Waals surface area (Å²) in [7, 11) is 0. The highest BCUT2D eigenvalue weighted by Gasteiger charge is 2.35. The van der Waals surface area contributed by atoms with E-state index in [4.69, 9.17) is 0 Å². The number of hydrogen-bond acceptors (Lipinski definition) is 3. The molecule has 4 nitrogen and oxygen atoms in total. The maximum absolute atomic E-state index is 14.0. The number of carboxylic acid groups (broad SMARTS) is 1. The zero-order chi connectivity index (χ0) is 27.6. The summed E-state index contributed by atoms with van der Waals surface area (Å²) >= 11 is 0. The molecule has 8 heteroatoms. The summed E-state index contributed by atoms with van der Waals surface area (Å²) in [6, 6.07) is 13.8. The molecule has 39 heavy (non-hydrogen) atoms. The lowest BCUT2D eigenvalue weighted by Gasteiger charge is -2.39. The Hall–Kier alpha value is -3.52. The first kappa shape index (κ1) is 27.1. The Kier molecular flexibility index (Phi) is 7.84. The normalized spacial score (nSPS) is 16.5. The average molecular weight is 539 g/mol. The van der Waals surface area contributed by atoms with Gasteiger partial charge >= 0.3 is 12.1 Å². The Bertz CT molecular complexity index is 1380. The number of carbonyl (C=O) groups is 1. The molecule has 2 aromatic carbocycles. The molecule has 0 bridgehead atoms. The molecule has 0 radical (unpaired) electrons. The molecule has 1 aromatic heterocycles. The molecule has 0 atom stereocenters. The van der Waals surface area contributed by atoms with Crippen LogP contribution in [0.2, 0.25) is 0 Å². The third kappa shape index (κ3) is 5.91. The number of benzene rings is 2. The maximum Gasteiger partial charge on any atom is 0.417 e. The summed E-state index contributed by atoms with van der Waals surface area (Å²) < 4.78 is 54.6. The fourth-order valence-electron chi connectivity index (χ4n) is 5.81. The number of aryl methyl sites for hydroxylation is 1. The number of pyridine rings is 1. The van der Waals surface area contributed by atoms with E-state index in [2.05, 4.69) is 9.88 Å². The first-order valence-corrected chi connectivity index (χ1v) is 13.2. The number of alkyl halides is 4. The van der Waals surface area contributed by atoms with Crippen molar-refractivity contribution >= 4 is 17.1 Å². The number of allylic oxidation sites excluding steroid dienone is 1. The molecule has 5 rings (SSSR count). The van der Waals surface area contributed by atoms with Gasteiger partial charge in [0.2, 0.25) is 0 Å². The van der Waals surface area contributed by atoms with Crippen molar-refractivity contribution in [1.82, 2.24) is 9.88 Å². The van der Waals surface area contributed by atoms with Crippen LogP contribution in [-0.4, -0.2) is 47.3 Å². The summed E-state index contributed by atoms with van der Waals surface area (Å²) in [5.41, 5.74) is 4.22. The van der Waals surface area contributed by atoms with Crippen LogP contribution in [0, 0.1) is 5.92 Å². The van der Waals surface area contributed by atoms with Gasteiger partial charge in [0.15, 0.2) is 0 Å². The Morgan fingerprint density at radius 1 is 1.03 bits per heavy atom. The third-order valence-electron chi connectivity index (χ3n) is 7.66. The summed E-state index contributed by atoms with van der Waals surface area (Å²) in [5.74, 6) is -0.536. The summed E-state index contributed by atoms with van der Waals surface area (Å²) in [4.78, 5) is 17.9. The van der Waals surface area contributed by atoms with Crippen molar-refractivity contribution in [2.75, 3.05) is 26.3 Å². The summed E-state index contributed by atoms with van der Waals surface area (Å²) in [6.07, 6.45) is 0.893. The Morgan fingerprint density at radius 3 is 2.49 bits per heavy atom. The van der Waals surface area contributed by atoms with Gasteiger partial charge in [-0.25, -0.2) is 4.79 Å². The number of hydrogen-bond donors (Lipinski definition) is 1. The van der Waals surface area contributed by atoms with Crippen molar-refractivity contribution < 1.29 is 27.5 Å². The highest BCUT2D eigenvalue weighted by molar-refractivity contribution is 6.01. The number of fused-ring (bicyclic) bond motifs is 1. The topological polar surface area (TPSA) is 53.4 Å². The molecule has 2 heterocycles. The van der Waals surface area contributed by atoms with E-state index in [-0.39, 0.29) is 17.8 Å². The number of nitrogens with zero attached hydrogens (tertiary/aromatic N) is 2. The zero-order valence-corrected chi connectivity index (χ0v) is 21.5. The third-order valence-corrected chi connectivity index (χ3v) is 7.66. The van der Waals surface area contributed by atoms with E-state index in [1.165, 1.54) is 12.3 Å². The van der Waals surface area contributed by atoms with E-state index >= 15 is 0 Å². The van der Waals surface area contributed by atoms with Crippen molar-refractivity contribution in [3.63, 3.8) is 0 Å². The van der Waals surface area contributed by atoms with Gasteiger partial charge in [0, 0.05) is 37.6 Å². The molecule has 1 fully saturated rings. The number of rotatable bonds is 8.